The summed E-state index contributed by atoms with van der Waals surface area (Å²) >= 11 is 1.33. The van der Waals surface area contributed by atoms with Crippen LogP contribution in [0.2, 0.25) is 0 Å². The number of rotatable bonds is 5. The first-order chi connectivity index (χ1) is 13.0. The summed E-state index contributed by atoms with van der Waals surface area (Å²) in [6.45, 7) is 7.07. The third kappa shape index (κ3) is 4.63. The molecule has 1 aliphatic rings. The van der Waals surface area contributed by atoms with Gasteiger partial charge >= 0.3 is 5.97 Å². The van der Waals surface area contributed by atoms with E-state index in [2.05, 4.69) is 15.3 Å². The van der Waals surface area contributed by atoms with Gasteiger partial charge < -0.3 is 15.0 Å². The second-order valence-electron chi connectivity index (χ2n) is 6.54. The molecule has 2 aromatic heterocycles. The van der Waals surface area contributed by atoms with Crippen molar-refractivity contribution in [3.05, 3.63) is 34.5 Å². The number of hydrogen-bond acceptors (Lipinski definition) is 7. The monoisotopic (exact) mass is 388 g/mol. The minimum Gasteiger partial charge on any atom is -0.466 e. The molecule has 0 aromatic carbocycles. The number of anilines is 2. The van der Waals surface area contributed by atoms with Crippen molar-refractivity contribution < 1.29 is 14.3 Å². The van der Waals surface area contributed by atoms with E-state index in [0.717, 1.165) is 5.69 Å². The lowest BCUT2D eigenvalue weighted by atomic mass is 9.97. The Kier molecular flexibility index (Phi) is 6.05. The number of hydrogen-bond donors (Lipinski definition) is 1. The third-order valence-electron chi connectivity index (χ3n) is 4.52. The van der Waals surface area contributed by atoms with E-state index in [0.29, 0.717) is 54.1 Å². The van der Waals surface area contributed by atoms with E-state index in [4.69, 9.17) is 4.74 Å². The smallest absolute Gasteiger partial charge is 0.309 e. The van der Waals surface area contributed by atoms with Crippen molar-refractivity contribution in [3.63, 3.8) is 0 Å². The van der Waals surface area contributed by atoms with E-state index < -0.39 is 0 Å². The molecule has 0 radical (unpaired) electrons. The summed E-state index contributed by atoms with van der Waals surface area (Å²) < 4.78 is 5.08. The summed E-state index contributed by atoms with van der Waals surface area (Å²) in [6.07, 6.45) is 1.28. The fraction of sp³-hybridized carbons (Fsp3) is 0.474. The first-order valence-corrected chi connectivity index (χ1v) is 9.93. The van der Waals surface area contributed by atoms with Crippen LogP contribution >= 0.6 is 11.3 Å². The molecule has 0 saturated carbocycles. The van der Waals surface area contributed by atoms with Gasteiger partial charge in [0, 0.05) is 18.8 Å². The number of nitrogens with one attached hydrogen (secondary N) is 1. The summed E-state index contributed by atoms with van der Waals surface area (Å²) in [6, 6.07) is 5.71. The molecule has 7 nitrogen and oxygen atoms in total. The Balaban J connectivity index is 1.64. The molecule has 0 bridgehead atoms. The molecule has 144 valence electrons. The Morgan fingerprint density at radius 3 is 2.67 bits per heavy atom. The molecule has 1 aliphatic heterocycles. The molecule has 1 N–H and O–H groups in total. The Bertz CT molecular complexity index is 828. The van der Waals surface area contributed by atoms with Crippen molar-refractivity contribution in [2.45, 2.75) is 33.6 Å². The molecule has 1 saturated heterocycles. The number of amides is 1. The first-order valence-electron chi connectivity index (χ1n) is 9.12. The third-order valence-corrected chi connectivity index (χ3v) is 5.58. The van der Waals surface area contributed by atoms with Crippen LogP contribution in [-0.2, 0) is 9.53 Å². The highest BCUT2D eigenvalue weighted by Gasteiger charge is 2.30. The molecular weight excluding hydrogens is 364 g/mol. The molecule has 0 unspecified atom stereocenters. The van der Waals surface area contributed by atoms with Gasteiger partial charge in [0.15, 0.2) is 5.13 Å². The molecule has 1 amide bonds. The number of carbonyl (C=O) groups is 2. The van der Waals surface area contributed by atoms with Gasteiger partial charge in [0.1, 0.15) is 10.7 Å². The van der Waals surface area contributed by atoms with Crippen molar-refractivity contribution >= 4 is 34.2 Å². The maximum Gasteiger partial charge on any atom is 0.309 e. The van der Waals surface area contributed by atoms with Crippen LogP contribution in [0.15, 0.2) is 18.2 Å². The zero-order valence-corrected chi connectivity index (χ0v) is 16.6. The lowest BCUT2D eigenvalue weighted by Crippen LogP contribution is -2.40. The van der Waals surface area contributed by atoms with Crippen LogP contribution in [0.3, 0.4) is 0 Å². The molecule has 0 atom stereocenters. The van der Waals surface area contributed by atoms with Gasteiger partial charge in [-0.05, 0) is 45.7 Å². The average molecular weight is 388 g/mol. The Hall–Kier alpha value is -2.48. The predicted octanol–water partition coefficient (Wildman–Crippen LogP) is 3.31. The predicted molar refractivity (Wildman–Crippen MR) is 104 cm³/mol. The molecule has 3 heterocycles. The number of esters is 1. The van der Waals surface area contributed by atoms with Gasteiger partial charge in [-0.3, -0.25) is 9.59 Å². The second kappa shape index (κ2) is 8.47. The van der Waals surface area contributed by atoms with Crippen molar-refractivity contribution in [2.24, 2.45) is 5.92 Å². The number of aryl methyl sites for hydroxylation is 2. The van der Waals surface area contributed by atoms with Crippen LogP contribution < -0.4 is 5.32 Å². The standard InChI is InChI=1S/C19H24N4O3S/c1-4-26-18(25)14-8-10-23(11-9-14)17(24)16-13(3)21-19(27-16)22-15-7-5-6-12(2)20-15/h5-7,14H,4,8-11H2,1-3H3,(H,20,21,22). The summed E-state index contributed by atoms with van der Waals surface area (Å²) in [5.74, 6) is 0.410. The fourth-order valence-corrected chi connectivity index (χ4v) is 4.03. The molecule has 2 aromatic rings. The number of carbonyl (C=O) groups excluding carboxylic acids is 2. The minimum atomic E-state index is -0.157. The van der Waals surface area contributed by atoms with Gasteiger partial charge in [0.2, 0.25) is 0 Å². The van der Waals surface area contributed by atoms with Crippen LogP contribution in [-0.4, -0.2) is 46.4 Å². The largest absolute Gasteiger partial charge is 0.466 e. The van der Waals surface area contributed by atoms with Crippen molar-refractivity contribution in [1.82, 2.24) is 14.9 Å². The molecule has 8 heteroatoms. The van der Waals surface area contributed by atoms with Crippen LogP contribution in [0, 0.1) is 19.8 Å². The summed E-state index contributed by atoms with van der Waals surface area (Å²) in [5, 5.41) is 3.81. The number of aromatic nitrogens is 2. The minimum absolute atomic E-state index is 0.0300. The maximum atomic E-state index is 12.9. The molecule has 3 rings (SSSR count). The summed E-state index contributed by atoms with van der Waals surface area (Å²) in [4.78, 5) is 36.0. The number of piperidine rings is 1. The lowest BCUT2D eigenvalue weighted by molar-refractivity contribution is -0.149. The van der Waals surface area contributed by atoms with Crippen molar-refractivity contribution in [3.8, 4) is 0 Å². The van der Waals surface area contributed by atoms with E-state index in [1.165, 1.54) is 11.3 Å². The highest BCUT2D eigenvalue weighted by molar-refractivity contribution is 7.17. The van der Waals surface area contributed by atoms with Crippen molar-refractivity contribution in [2.75, 3.05) is 25.0 Å². The van der Waals surface area contributed by atoms with Gasteiger partial charge in [-0.25, -0.2) is 9.97 Å². The number of ether oxygens (including phenoxy) is 1. The summed E-state index contributed by atoms with van der Waals surface area (Å²) in [5.41, 5.74) is 1.61. The highest BCUT2D eigenvalue weighted by Crippen LogP contribution is 2.28. The van der Waals surface area contributed by atoms with Gasteiger partial charge in [0.05, 0.1) is 18.2 Å². The molecular formula is C19H24N4O3S. The maximum absolute atomic E-state index is 12.9. The van der Waals surface area contributed by atoms with Gasteiger partial charge in [0.25, 0.3) is 5.91 Å². The van der Waals surface area contributed by atoms with Crippen LogP contribution in [0.4, 0.5) is 10.9 Å². The molecule has 0 spiro atoms. The molecule has 27 heavy (non-hydrogen) atoms. The molecule has 0 aliphatic carbocycles. The van der Waals surface area contributed by atoms with Crippen molar-refractivity contribution in [1.29, 1.82) is 0 Å². The Morgan fingerprint density at radius 2 is 2.00 bits per heavy atom. The summed E-state index contributed by atoms with van der Waals surface area (Å²) in [7, 11) is 0. The lowest BCUT2D eigenvalue weighted by Gasteiger charge is -2.30. The highest BCUT2D eigenvalue weighted by atomic mass is 32.1. The van der Waals surface area contributed by atoms with Gasteiger partial charge in [-0.1, -0.05) is 17.4 Å². The topological polar surface area (TPSA) is 84.4 Å². The number of thiazole rings is 1. The second-order valence-corrected chi connectivity index (χ2v) is 7.54. The average Bonchev–Trinajstić information content (AvgIpc) is 3.01. The van der Waals surface area contributed by atoms with Crippen LogP contribution in [0.5, 0.6) is 0 Å². The Labute approximate surface area is 162 Å². The Morgan fingerprint density at radius 1 is 1.26 bits per heavy atom. The van der Waals surface area contributed by atoms with E-state index >= 15 is 0 Å². The first kappa shape index (κ1) is 19.3. The van der Waals surface area contributed by atoms with E-state index in [1.807, 2.05) is 32.0 Å². The zero-order valence-electron chi connectivity index (χ0n) is 15.8. The van der Waals surface area contributed by atoms with Gasteiger partial charge in [-0.2, -0.15) is 0 Å². The number of pyridine rings is 1. The zero-order chi connectivity index (χ0) is 19.4. The normalized spacial score (nSPS) is 14.9. The van der Waals surface area contributed by atoms with Crippen LogP contribution in [0.25, 0.3) is 0 Å². The van der Waals surface area contributed by atoms with E-state index in [-0.39, 0.29) is 17.8 Å². The number of likely N-dealkylation sites (tertiary alicyclic amines) is 1. The van der Waals surface area contributed by atoms with Crippen LogP contribution in [0.1, 0.15) is 40.8 Å². The SMILES string of the molecule is CCOC(=O)C1CCN(C(=O)c2sc(Nc3cccc(C)n3)nc2C)CC1. The van der Waals surface area contributed by atoms with E-state index in [1.54, 1.807) is 11.8 Å². The quantitative estimate of drug-likeness (QED) is 0.791. The fourth-order valence-electron chi connectivity index (χ4n) is 3.09. The number of nitrogens with zero attached hydrogens (tertiary/aromatic N) is 3. The van der Waals surface area contributed by atoms with Gasteiger partial charge in [-0.15, -0.1) is 0 Å². The molecule has 1 fully saturated rings. The van der Waals surface area contributed by atoms with E-state index in [9.17, 15) is 9.59 Å².